The number of amides is 1. The van der Waals surface area contributed by atoms with Crippen LogP contribution < -0.4 is 10.1 Å². The number of ether oxygens (including phenoxy) is 2. The quantitative estimate of drug-likeness (QED) is 0.792. The number of hydrogen-bond acceptors (Lipinski definition) is 4. The molecule has 0 aliphatic carbocycles. The molecule has 5 nitrogen and oxygen atoms in total. The molecule has 0 saturated carbocycles. The average Bonchev–Trinajstić information content (AvgIpc) is 2.60. The topological polar surface area (TPSA) is 50.8 Å². The summed E-state index contributed by atoms with van der Waals surface area (Å²) in [5, 5.41) is 3.06. The first-order chi connectivity index (χ1) is 11.6. The minimum atomic E-state index is 0.108. The van der Waals surface area contributed by atoms with Crippen molar-refractivity contribution in [1.82, 2.24) is 10.2 Å². The van der Waals surface area contributed by atoms with Gasteiger partial charge in [0.15, 0.2) is 0 Å². The molecule has 0 unspecified atom stereocenters. The molecule has 1 amide bonds. The Morgan fingerprint density at radius 3 is 2.83 bits per heavy atom. The summed E-state index contributed by atoms with van der Waals surface area (Å²) in [5.74, 6) is 0.982. The first-order valence-corrected chi connectivity index (χ1v) is 8.92. The summed E-state index contributed by atoms with van der Waals surface area (Å²) in [6.45, 7) is 10.1. The number of carbonyl (C=O) groups excluding carboxylic acids is 1. The number of nitrogens with one attached hydrogen (secondary N) is 1. The fourth-order valence-electron chi connectivity index (χ4n) is 3.04. The van der Waals surface area contributed by atoms with Crippen LogP contribution in [-0.4, -0.2) is 55.8 Å². The summed E-state index contributed by atoms with van der Waals surface area (Å²) < 4.78 is 10.9. The van der Waals surface area contributed by atoms with E-state index < -0.39 is 0 Å². The van der Waals surface area contributed by atoms with Crippen LogP contribution in [0.2, 0.25) is 0 Å². The van der Waals surface area contributed by atoms with Gasteiger partial charge in [-0.1, -0.05) is 12.1 Å². The van der Waals surface area contributed by atoms with E-state index in [1.807, 2.05) is 31.2 Å². The lowest BCUT2D eigenvalue weighted by Gasteiger charge is -2.37. The molecule has 5 heteroatoms. The van der Waals surface area contributed by atoms with E-state index in [0.29, 0.717) is 31.7 Å². The van der Waals surface area contributed by atoms with Gasteiger partial charge in [-0.05, 0) is 44.9 Å². The number of rotatable bonds is 8. The van der Waals surface area contributed by atoms with Gasteiger partial charge in [0.2, 0.25) is 5.91 Å². The van der Waals surface area contributed by atoms with Crippen LogP contribution in [0.25, 0.3) is 0 Å². The van der Waals surface area contributed by atoms with E-state index in [-0.39, 0.29) is 5.91 Å². The van der Waals surface area contributed by atoms with Gasteiger partial charge in [-0.25, -0.2) is 0 Å². The van der Waals surface area contributed by atoms with Crippen LogP contribution >= 0.6 is 0 Å². The standard InChI is InChI=1S/C19H30N2O3/c1-4-24-18-8-5-17(6-9-18)7-10-19(22)20-13-15(2)21-11-12-23-14-16(21)3/h5-6,8-9,15-16H,4,7,10-14H2,1-3H3,(H,20,22)/t15-,16+/m1/s1. The van der Waals surface area contributed by atoms with Gasteiger partial charge in [-0.2, -0.15) is 0 Å². The summed E-state index contributed by atoms with van der Waals surface area (Å²) in [4.78, 5) is 14.5. The predicted octanol–water partition coefficient (Wildman–Crippen LogP) is 2.24. The Hall–Kier alpha value is -1.59. The Kier molecular flexibility index (Phi) is 7.53. The molecule has 1 aromatic carbocycles. The second kappa shape index (κ2) is 9.64. The zero-order valence-corrected chi connectivity index (χ0v) is 15.1. The van der Waals surface area contributed by atoms with Crippen LogP contribution in [0.15, 0.2) is 24.3 Å². The minimum Gasteiger partial charge on any atom is -0.494 e. The highest BCUT2D eigenvalue weighted by atomic mass is 16.5. The zero-order valence-electron chi connectivity index (χ0n) is 15.1. The molecule has 1 aromatic rings. The van der Waals surface area contributed by atoms with E-state index in [1.54, 1.807) is 0 Å². The lowest BCUT2D eigenvalue weighted by atomic mass is 10.1. The molecular weight excluding hydrogens is 304 g/mol. The normalized spacial score (nSPS) is 19.7. The molecule has 2 rings (SSSR count). The highest BCUT2D eigenvalue weighted by Crippen LogP contribution is 2.13. The van der Waals surface area contributed by atoms with Crippen molar-refractivity contribution >= 4 is 5.91 Å². The van der Waals surface area contributed by atoms with E-state index in [1.165, 1.54) is 0 Å². The molecule has 0 radical (unpaired) electrons. The maximum Gasteiger partial charge on any atom is 0.220 e. The van der Waals surface area contributed by atoms with Crippen LogP contribution in [0.4, 0.5) is 0 Å². The lowest BCUT2D eigenvalue weighted by molar-refractivity contribution is -0.121. The third-order valence-corrected chi connectivity index (χ3v) is 4.45. The first kappa shape index (κ1) is 18.7. The van der Waals surface area contributed by atoms with Crippen LogP contribution in [0.3, 0.4) is 0 Å². The van der Waals surface area contributed by atoms with Gasteiger partial charge in [0.05, 0.1) is 19.8 Å². The summed E-state index contributed by atoms with van der Waals surface area (Å²) >= 11 is 0. The summed E-state index contributed by atoms with van der Waals surface area (Å²) in [6, 6.07) is 8.71. The van der Waals surface area contributed by atoms with Gasteiger partial charge in [0, 0.05) is 31.6 Å². The van der Waals surface area contributed by atoms with Crippen LogP contribution in [0.1, 0.15) is 32.8 Å². The molecule has 1 N–H and O–H groups in total. The lowest BCUT2D eigenvalue weighted by Crippen LogP contribution is -2.51. The van der Waals surface area contributed by atoms with Crippen LogP contribution in [0.5, 0.6) is 5.75 Å². The number of morpholine rings is 1. The Morgan fingerprint density at radius 2 is 2.17 bits per heavy atom. The van der Waals surface area contributed by atoms with E-state index >= 15 is 0 Å². The first-order valence-electron chi connectivity index (χ1n) is 8.92. The minimum absolute atomic E-state index is 0.108. The molecule has 0 spiro atoms. The highest BCUT2D eigenvalue weighted by molar-refractivity contribution is 5.76. The van der Waals surface area contributed by atoms with Gasteiger partial charge in [0.1, 0.15) is 5.75 Å². The largest absolute Gasteiger partial charge is 0.494 e. The van der Waals surface area contributed by atoms with Crippen molar-refractivity contribution in [3.63, 3.8) is 0 Å². The van der Waals surface area contributed by atoms with Gasteiger partial charge < -0.3 is 14.8 Å². The molecule has 0 bridgehead atoms. The molecule has 1 fully saturated rings. The van der Waals surface area contributed by atoms with E-state index in [2.05, 4.69) is 24.1 Å². The van der Waals surface area contributed by atoms with Gasteiger partial charge in [-0.15, -0.1) is 0 Å². The van der Waals surface area contributed by atoms with Crippen LogP contribution in [0, 0.1) is 0 Å². The highest BCUT2D eigenvalue weighted by Gasteiger charge is 2.23. The summed E-state index contributed by atoms with van der Waals surface area (Å²) in [7, 11) is 0. The molecule has 134 valence electrons. The maximum absolute atomic E-state index is 12.1. The third kappa shape index (κ3) is 5.80. The van der Waals surface area contributed by atoms with E-state index in [9.17, 15) is 4.79 Å². The fraction of sp³-hybridized carbons (Fsp3) is 0.632. The van der Waals surface area contributed by atoms with Gasteiger partial charge in [0.25, 0.3) is 0 Å². The van der Waals surface area contributed by atoms with Crippen LogP contribution in [-0.2, 0) is 16.0 Å². The average molecular weight is 334 g/mol. The number of benzene rings is 1. The van der Waals surface area contributed by atoms with E-state index in [4.69, 9.17) is 9.47 Å². The number of carbonyl (C=O) groups is 1. The molecule has 0 aromatic heterocycles. The second-order valence-electron chi connectivity index (χ2n) is 6.39. The zero-order chi connectivity index (χ0) is 17.4. The fourth-order valence-corrected chi connectivity index (χ4v) is 3.04. The summed E-state index contributed by atoms with van der Waals surface area (Å²) in [6.07, 6.45) is 1.26. The number of hydrogen-bond donors (Lipinski definition) is 1. The van der Waals surface area contributed by atoms with Crippen molar-refractivity contribution in [2.45, 2.75) is 45.7 Å². The molecule has 1 aliphatic rings. The van der Waals surface area contributed by atoms with Gasteiger partial charge in [-0.3, -0.25) is 9.69 Å². The Balaban J connectivity index is 1.69. The second-order valence-corrected chi connectivity index (χ2v) is 6.39. The smallest absolute Gasteiger partial charge is 0.220 e. The van der Waals surface area contributed by atoms with E-state index in [0.717, 1.165) is 37.5 Å². The Labute approximate surface area is 145 Å². The number of aryl methyl sites for hydroxylation is 1. The predicted molar refractivity (Wildman–Crippen MR) is 95.4 cm³/mol. The molecule has 1 aliphatic heterocycles. The third-order valence-electron chi connectivity index (χ3n) is 4.45. The summed E-state index contributed by atoms with van der Waals surface area (Å²) in [5.41, 5.74) is 1.16. The Bertz CT molecular complexity index is 504. The van der Waals surface area contributed by atoms with Gasteiger partial charge >= 0.3 is 0 Å². The Morgan fingerprint density at radius 1 is 1.42 bits per heavy atom. The van der Waals surface area contributed by atoms with Crippen molar-refractivity contribution in [1.29, 1.82) is 0 Å². The molecule has 24 heavy (non-hydrogen) atoms. The molecular formula is C19H30N2O3. The number of nitrogens with zero attached hydrogens (tertiary/aromatic N) is 1. The maximum atomic E-state index is 12.1. The van der Waals surface area contributed by atoms with Crippen molar-refractivity contribution in [2.24, 2.45) is 0 Å². The van der Waals surface area contributed by atoms with Crippen molar-refractivity contribution in [3.8, 4) is 5.75 Å². The molecule has 1 heterocycles. The van der Waals surface area contributed by atoms with Crippen molar-refractivity contribution in [3.05, 3.63) is 29.8 Å². The van der Waals surface area contributed by atoms with Crippen molar-refractivity contribution < 1.29 is 14.3 Å². The molecule has 1 saturated heterocycles. The SMILES string of the molecule is CCOc1ccc(CCC(=O)NC[C@@H](C)N2CCOC[C@@H]2C)cc1. The molecule has 2 atom stereocenters. The monoisotopic (exact) mass is 334 g/mol. The van der Waals surface area contributed by atoms with Crippen molar-refractivity contribution in [2.75, 3.05) is 32.9 Å².